The zero-order chi connectivity index (χ0) is 12.1. The molecule has 1 aromatic rings. The van der Waals surface area contributed by atoms with E-state index in [1.54, 1.807) is 11.6 Å². The van der Waals surface area contributed by atoms with Crippen molar-refractivity contribution in [2.45, 2.75) is 39.2 Å². The number of aryl methyl sites for hydroxylation is 1. The first-order chi connectivity index (χ1) is 8.25. The fraction of sp³-hybridized carbons (Fsp3) is 0.467. The van der Waals surface area contributed by atoms with Crippen molar-refractivity contribution in [2.24, 2.45) is 0 Å². The van der Waals surface area contributed by atoms with Gasteiger partial charge in [-0.05, 0) is 62.4 Å². The molecule has 1 N–H and O–H groups in total. The summed E-state index contributed by atoms with van der Waals surface area (Å²) in [4.78, 5) is 0. The summed E-state index contributed by atoms with van der Waals surface area (Å²) in [5.41, 5.74) is 3.80. The number of hydrogen-bond donors (Lipinski definition) is 1. The van der Waals surface area contributed by atoms with Crippen molar-refractivity contribution < 1.29 is 4.39 Å². The zero-order valence-corrected chi connectivity index (χ0v) is 10.4. The maximum Gasteiger partial charge on any atom is 0.123 e. The van der Waals surface area contributed by atoms with Crippen molar-refractivity contribution in [1.29, 1.82) is 0 Å². The topological polar surface area (TPSA) is 12.0 Å². The molecule has 1 aliphatic rings. The Morgan fingerprint density at radius 1 is 1.35 bits per heavy atom. The number of rotatable bonds is 5. The molecule has 1 nitrogen and oxygen atoms in total. The van der Waals surface area contributed by atoms with Crippen molar-refractivity contribution in [3.8, 4) is 0 Å². The summed E-state index contributed by atoms with van der Waals surface area (Å²) < 4.78 is 12.9. The Bertz CT molecular complexity index is 409. The van der Waals surface area contributed by atoms with Crippen LogP contribution in [-0.4, -0.2) is 6.54 Å². The van der Waals surface area contributed by atoms with Crippen molar-refractivity contribution in [1.82, 2.24) is 5.32 Å². The van der Waals surface area contributed by atoms with E-state index in [0.29, 0.717) is 0 Å². The quantitative estimate of drug-likeness (QED) is 0.603. The second-order valence-electron chi connectivity index (χ2n) is 4.75. The Kier molecular flexibility index (Phi) is 4.32. The van der Waals surface area contributed by atoms with Crippen LogP contribution in [0.25, 0.3) is 0 Å². The lowest BCUT2D eigenvalue weighted by atomic mass is 10.1. The average molecular weight is 233 g/mol. The van der Waals surface area contributed by atoms with Crippen LogP contribution in [0.2, 0.25) is 0 Å². The number of benzene rings is 1. The molecule has 0 amide bonds. The van der Waals surface area contributed by atoms with E-state index in [1.165, 1.54) is 30.9 Å². The van der Waals surface area contributed by atoms with Crippen molar-refractivity contribution in [3.05, 3.63) is 46.8 Å². The summed E-state index contributed by atoms with van der Waals surface area (Å²) in [7, 11) is 0. The third-order valence-corrected chi connectivity index (χ3v) is 3.38. The molecule has 0 atom stereocenters. The van der Waals surface area contributed by atoms with Crippen LogP contribution in [0.1, 0.15) is 36.8 Å². The molecular formula is C15H20FN. The fourth-order valence-corrected chi connectivity index (χ4v) is 2.29. The summed E-state index contributed by atoms with van der Waals surface area (Å²) in [5, 5.41) is 3.43. The summed E-state index contributed by atoms with van der Waals surface area (Å²) >= 11 is 0. The number of hydrogen-bond acceptors (Lipinski definition) is 1. The second-order valence-corrected chi connectivity index (χ2v) is 4.75. The van der Waals surface area contributed by atoms with Crippen LogP contribution >= 0.6 is 0 Å². The van der Waals surface area contributed by atoms with Gasteiger partial charge in [-0.15, -0.1) is 0 Å². The molecule has 0 heterocycles. The molecule has 0 spiro atoms. The van der Waals surface area contributed by atoms with Gasteiger partial charge in [0.05, 0.1) is 0 Å². The smallest absolute Gasteiger partial charge is 0.123 e. The molecule has 17 heavy (non-hydrogen) atoms. The van der Waals surface area contributed by atoms with Gasteiger partial charge >= 0.3 is 0 Å². The van der Waals surface area contributed by atoms with E-state index in [-0.39, 0.29) is 5.82 Å². The second kappa shape index (κ2) is 5.97. The lowest BCUT2D eigenvalue weighted by Gasteiger charge is -2.08. The lowest BCUT2D eigenvalue weighted by molar-refractivity contribution is 0.622. The summed E-state index contributed by atoms with van der Waals surface area (Å²) in [6, 6.07) is 4.99. The van der Waals surface area contributed by atoms with E-state index in [0.717, 1.165) is 25.1 Å². The number of halogens is 1. The first kappa shape index (κ1) is 12.3. The molecule has 0 unspecified atom stereocenters. The predicted octanol–water partition coefficient (Wildman–Crippen LogP) is 3.72. The van der Waals surface area contributed by atoms with Gasteiger partial charge < -0.3 is 5.32 Å². The molecule has 0 saturated heterocycles. The van der Waals surface area contributed by atoms with E-state index in [9.17, 15) is 4.39 Å². The molecule has 1 aliphatic carbocycles. The van der Waals surface area contributed by atoms with Crippen molar-refractivity contribution in [2.75, 3.05) is 6.54 Å². The molecule has 92 valence electrons. The maximum atomic E-state index is 12.9. The van der Waals surface area contributed by atoms with Gasteiger partial charge in [0.2, 0.25) is 0 Å². The third-order valence-electron chi connectivity index (χ3n) is 3.38. The minimum atomic E-state index is -0.151. The van der Waals surface area contributed by atoms with E-state index in [1.807, 2.05) is 13.0 Å². The SMILES string of the molecule is Cc1cc(F)ccc1CNCCC1=CCCC1. The average Bonchev–Trinajstić information content (AvgIpc) is 2.79. The highest BCUT2D eigenvalue weighted by molar-refractivity contribution is 5.26. The summed E-state index contributed by atoms with van der Waals surface area (Å²) in [5.74, 6) is -0.151. The molecule has 0 aliphatic heterocycles. The minimum Gasteiger partial charge on any atom is -0.312 e. The molecule has 1 aromatic carbocycles. The molecule has 0 saturated carbocycles. The Hall–Kier alpha value is -1.15. The highest BCUT2D eigenvalue weighted by Gasteiger charge is 2.04. The van der Waals surface area contributed by atoms with Crippen LogP contribution in [-0.2, 0) is 6.54 Å². The third kappa shape index (κ3) is 3.67. The Morgan fingerprint density at radius 2 is 2.24 bits per heavy atom. The van der Waals surface area contributed by atoms with Gasteiger partial charge in [0.1, 0.15) is 5.82 Å². The molecule has 0 bridgehead atoms. The molecule has 2 rings (SSSR count). The first-order valence-corrected chi connectivity index (χ1v) is 6.39. The number of nitrogens with one attached hydrogen (secondary N) is 1. The van der Waals surface area contributed by atoms with Crippen LogP contribution in [0.15, 0.2) is 29.8 Å². The van der Waals surface area contributed by atoms with Gasteiger partial charge in [-0.1, -0.05) is 17.7 Å². The normalized spacial score (nSPS) is 15.1. The van der Waals surface area contributed by atoms with Gasteiger partial charge in [0.25, 0.3) is 0 Å². The molecule has 2 heteroatoms. The van der Waals surface area contributed by atoms with E-state index < -0.39 is 0 Å². The monoisotopic (exact) mass is 233 g/mol. The molecule has 0 radical (unpaired) electrons. The lowest BCUT2D eigenvalue weighted by Crippen LogP contribution is -2.15. The van der Waals surface area contributed by atoms with Gasteiger partial charge in [-0.25, -0.2) is 4.39 Å². The largest absolute Gasteiger partial charge is 0.312 e. The van der Waals surface area contributed by atoms with E-state index in [4.69, 9.17) is 0 Å². The molecule has 0 aromatic heterocycles. The van der Waals surface area contributed by atoms with Gasteiger partial charge in [-0.3, -0.25) is 0 Å². The fourth-order valence-electron chi connectivity index (χ4n) is 2.29. The van der Waals surface area contributed by atoms with Crippen LogP contribution in [0.5, 0.6) is 0 Å². The Balaban J connectivity index is 1.74. The van der Waals surface area contributed by atoms with E-state index in [2.05, 4.69) is 11.4 Å². The minimum absolute atomic E-state index is 0.151. The van der Waals surface area contributed by atoms with Gasteiger partial charge in [-0.2, -0.15) is 0 Å². The van der Waals surface area contributed by atoms with Crippen LogP contribution in [0, 0.1) is 12.7 Å². The summed E-state index contributed by atoms with van der Waals surface area (Å²) in [6.07, 6.45) is 7.38. The number of allylic oxidation sites excluding steroid dienone is 1. The Labute approximate surface area is 103 Å². The van der Waals surface area contributed by atoms with Crippen LogP contribution in [0.4, 0.5) is 4.39 Å². The maximum absolute atomic E-state index is 12.9. The first-order valence-electron chi connectivity index (χ1n) is 6.39. The van der Waals surface area contributed by atoms with Crippen LogP contribution < -0.4 is 5.32 Å². The van der Waals surface area contributed by atoms with Gasteiger partial charge in [0, 0.05) is 6.54 Å². The highest BCUT2D eigenvalue weighted by Crippen LogP contribution is 2.19. The van der Waals surface area contributed by atoms with Crippen LogP contribution in [0.3, 0.4) is 0 Å². The Morgan fingerprint density at radius 3 is 2.94 bits per heavy atom. The van der Waals surface area contributed by atoms with Crippen molar-refractivity contribution >= 4 is 0 Å². The predicted molar refractivity (Wildman–Crippen MR) is 69.4 cm³/mol. The standard InChI is InChI=1S/C15H20FN/c1-12-10-15(16)7-6-14(12)11-17-9-8-13-4-2-3-5-13/h4,6-7,10,17H,2-3,5,8-9,11H2,1H3. The molecular weight excluding hydrogens is 213 g/mol. The summed E-state index contributed by atoms with van der Waals surface area (Å²) in [6.45, 7) is 3.81. The van der Waals surface area contributed by atoms with Crippen molar-refractivity contribution in [3.63, 3.8) is 0 Å². The van der Waals surface area contributed by atoms with E-state index >= 15 is 0 Å². The highest BCUT2D eigenvalue weighted by atomic mass is 19.1. The zero-order valence-electron chi connectivity index (χ0n) is 10.4. The van der Waals surface area contributed by atoms with Gasteiger partial charge in [0.15, 0.2) is 0 Å². The molecule has 0 fully saturated rings.